The van der Waals surface area contributed by atoms with Crippen molar-refractivity contribution < 1.29 is 4.39 Å². The van der Waals surface area contributed by atoms with Gasteiger partial charge in [0.15, 0.2) is 0 Å². The van der Waals surface area contributed by atoms with Crippen molar-refractivity contribution >= 4 is 0 Å². The van der Waals surface area contributed by atoms with Gasteiger partial charge in [0.05, 0.1) is 17.7 Å². The van der Waals surface area contributed by atoms with Gasteiger partial charge in [-0.15, -0.1) is 0 Å². The van der Waals surface area contributed by atoms with Crippen molar-refractivity contribution in [3.8, 4) is 23.1 Å². The van der Waals surface area contributed by atoms with Crippen molar-refractivity contribution in [2.24, 2.45) is 0 Å². The third-order valence-corrected chi connectivity index (χ3v) is 3.87. The quantitative estimate of drug-likeness (QED) is 0.554. The largest absolute Gasteiger partial charge is 0.339 e. The highest BCUT2D eigenvalue weighted by Gasteiger charge is 1.98. The molecule has 0 aliphatic heterocycles. The van der Waals surface area contributed by atoms with Gasteiger partial charge < -0.3 is 9.88 Å². The van der Waals surface area contributed by atoms with Crippen LogP contribution in [0.15, 0.2) is 73.2 Å². The van der Waals surface area contributed by atoms with Gasteiger partial charge in [-0.05, 0) is 62.0 Å². The van der Waals surface area contributed by atoms with E-state index in [0.717, 1.165) is 23.4 Å². The smallest absolute Gasteiger partial charge is 0.212 e. The molecule has 0 radical (unpaired) electrons. The van der Waals surface area contributed by atoms with Gasteiger partial charge in [0.1, 0.15) is 0 Å². The Labute approximate surface area is 164 Å². The van der Waals surface area contributed by atoms with Crippen LogP contribution < -0.4 is 0 Å². The number of aromatic nitrogens is 3. The molecule has 3 aromatic rings. The van der Waals surface area contributed by atoms with Crippen LogP contribution in [0, 0.1) is 17.8 Å². The summed E-state index contributed by atoms with van der Waals surface area (Å²) in [4.78, 5) is 13.3. The minimum atomic E-state index is -0.515. The molecule has 0 saturated carbocycles. The Morgan fingerprint density at radius 1 is 0.929 bits per heavy atom. The van der Waals surface area contributed by atoms with Crippen molar-refractivity contribution in [2.45, 2.75) is 6.54 Å². The highest BCUT2D eigenvalue weighted by molar-refractivity contribution is 5.56. The van der Waals surface area contributed by atoms with Crippen LogP contribution in [0.4, 0.5) is 4.39 Å². The second-order valence-corrected chi connectivity index (χ2v) is 6.47. The van der Waals surface area contributed by atoms with Gasteiger partial charge >= 0.3 is 0 Å². The van der Waals surface area contributed by atoms with E-state index in [1.807, 2.05) is 50.5 Å². The van der Waals surface area contributed by atoms with Crippen LogP contribution in [0.3, 0.4) is 0 Å². The topological polar surface area (TPSA) is 44.8 Å². The Balaban J connectivity index is 1.81. The lowest BCUT2D eigenvalue weighted by molar-refractivity contribution is 0.402. The summed E-state index contributed by atoms with van der Waals surface area (Å²) in [6.07, 6.45) is 3.03. The number of nitrogens with zero attached hydrogens (tertiary/aromatic N) is 3. The molecule has 0 amide bonds. The first-order valence-electron chi connectivity index (χ1n) is 8.85. The third kappa shape index (κ3) is 5.76. The van der Waals surface area contributed by atoms with E-state index in [9.17, 15) is 4.39 Å². The number of benzene rings is 1. The molecule has 0 bridgehead atoms. The van der Waals surface area contributed by atoms with E-state index >= 15 is 0 Å². The Morgan fingerprint density at radius 3 is 2.43 bits per heavy atom. The van der Waals surface area contributed by atoms with Crippen LogP contribution >= 0.6 is 0 Å². The normalized spacial score (nSPS) is 10.1. The van der Waals surface area contributed by atoms with Crippen molar-refractivity contribution in [3.05, 3.63) is 96.0 Å². The number of hydrogen-bond donors (Lipinski definition) is 1. The van der Waals surface area contributed by atoms with Gasteiger partial charge in [0, 0.05) is 23.9 Å². The average Bonchev–Trinajstić information content (AvgIpc) is 2.80. The molecule has 0 atom stereocenters. The molecular weight excluding hydrogens is 351 g/mol. The molecule has 4 nitrogen and oxygen atoms in total. The fourth-order valence-electron chi connectivity index (χ4n) is 2.53. The fourth-order valence-corrected chi connectivity index (χ4v) is 2.53. The molecule has 0 unspecified atom stereocenters. The van der Waals surface area contributed by atoms with Crippen LogP contribution in [-0.2, 0) is 6.54 Å². The standard InChI is InChI=1S/C23H21FN4/c1-28(2)16-19-9-7-18(8-10-19)11-13-21-5-3-4-6-22(27-17-26-21)20-12-14-23(24)25-15-20/h3-10,12,14-15,17H,16H2,1-2H3,(H,26,27). The van der Waals surface area contributed by atoms with Gasteiger partial charge in [-0.25, -0.2) is 9.97 Å². The van der Waals surface area contributed by atoms with Gasteiger partial charge in [-0.3, -0.25) is 0 Å². The molecule has 5 heteroatoms. The Hall–Kier alpha value is -3.49. The molecule has 1 N–H and O–H groups in total. The molecule has 28 heavy (non-hydrogen) atoms. The van der Waals surface area contributed by atoms with Gasteiger partial charge in [0.2, 0.25) is 5.95 Å². The zero-order chi connectivity index (χ0) is 19.8. The SMILES string of the molecule is CN(C)Cc1ccc(C#Cc2ccccc(-c3ccc(F)nc3)nc[nH]2)cc1. The van der Waals surface area contributed by atoms with Gasteiger partial charge in [-0.1, -0.05) is 30.2 Å². The van der Waals surface area contributed by atoms with Crippen molar-refractivity contribution in [1.29, 1.82) is 0 Å². The van der Waals surface area contributed by atoms with Crippen LogP contribution in [-0.4, -0.2) is 33.9 Å². The summed E-state index contributed by atoms with van der Waals surface area (Å²) in [5, 5.41) is 0. The molecule has 2 aromatic heterocycles. The lowest BCUT2D eigenvalue weighted by Crippen LogP contribution is -2.10. The maximum atomic E-state index is 13.0. The van der Waals surface area contributed by atoms with Crippen LogP contribution in [0.25, 0.3) is 11.3 Å². The molecular formula is C23H21FN4. The Kier molecular flexibility index (Phi) is 6.50. The first-order valence-corrected chi connectivity index (χ1v) is 8.85. The van der Waals surface area contributed by atoms with E-state index in [1.165, 1.54) is 17.8 Å². The lowest BCUT2D eigenvalue weighted by Gasteiger charge is -2.08. The van der Waals surface area contributed by atoms with E-state index in [1.54, 1.807) is 12.4 Å². The van der Waals surface area contributed by atoms with E-state index in [0.29, 0.717) is 5.69 Å². The summed E-state index contributed by atoms with van der Waals surface area (Å²) < 4.78 is 13.0. The predicted molar refractivity (Wildman–Crippen MR) is 109 cm³/mol. The van der Waals surface area contributed by atoms with E-state index in [-0.39, 0.29) is 0 Å². The number of hydrogen-bond acceptors (Lipinski definition) is 3. The summed E-state index contributed by atoms with van der Waals surface area (Å²) in [6.45, 7) is 0.903. The maximum absolute atomic E-state index is 13.0. The first kappa shape index (κ1) is 19.3. The molecule has 0 aliphatic carbocycles. The predicted octanol–water partition coefficient (Wildman–Crippen LogP) is 4.20. The van der Waals surface area contributed by atoms with Crippen molar-refractivity contribution in [2.75, 3.05) is 14.1 Å². The zero-order valence-electron chi connectivity index (χ0n) is 15.9. The van der Waals surface area contributed by atoms with E-state index in [2.05, 4.69) is 43.8 Å². The fraction of sp³-hybridized carbons (Fsp3) is 0.130. The number of nitrogens with one attached hydrogen (secondary N) is 1. The summed E-state index contributed by atoms with van der Waals surface area (Å²) in [5.74, 6) is 5.76. The van der Waals surface area contributed by atoms with Gasteiger partial charge in [-0.2, -0.15) is 4.39 Å². The highest BCUT2D eigenvalue weighted by atomic mass is 19.1. The minimum Gasteiger partial charge on any atom is -0.339 e. The highest BCUT2D eigenvalue weighted by Crippen LogP contribution is 2.13. The Bertz CT molecular complexity index is 1020. The van der Waals surface area contributed by atoms with Crippen LogP contribution in [0.1, 0.15) is 16.8 Å². The summed E-state index contributed by atoms with van der Waals surface area (Å²) >= 11 is 0. The summed E-state index contributed by atoms with van der Waals surface area (Å²) in [7, 11) is 4.09. The zero-order valence-corrected chi connectivity index (χ0v) is 15.9. The number of pyridine rings is 1. The third-order valence-electron chi connectivity index (χ3n) is 3.87. The number of H-pyrrole nitrogens is 1. The first-order chi connectivity index (χ1) is 13.6. The van der Waals surface area contributed by atoms with Crippen molar-refractivity contribution in [3.63, 3.8) is 0 Å². The minimum absolute atomic E-state index is 0.515. The molecule has 3 rings (SSSR count). The summed E-state index contributed by atoms with van der Waals surface area (Å²) in [6, 6.07) is 18.6. The number of rotatable bonds is 3. The van der Waals surface area contributed by atoms with Gasteiger partial charge in [0.25, 0.3) is 0 Å². The second-order valence-electron chi connectivity index (χ2n) is 6.47. The number of aromatic amines is 1. The molecule has 0 spiro atoms. The van der Waals surface area contributed by atoms with Crippen LogP contribution in [0.2, 0.25) is 0 Å². The number of halogens is 1. The van der Waals surface area contributed by atoms with E-state index in [4.69, 9.17) is 0 Å². The molecule has 0 saturated heterocycles. The van der Waals surface area contributed by atoms with Crippen molar-refractivity contribution in [1.82, 2.24) is 19.9 Å². The summed E-state index contributed by atoms with van der Waals surface area (Å²) in [5.41, 5.74) is 4.33. The molecule has 0 aliphatic rings. The van der Waals surface area contributed by atoms with E-state index < -0.39 is 5.95 Å². The Morgan fingerprint density at radius 2 is 1.71 bits per heavy atom. The molecule has 140 valence electrons. The second kappa shape index (κ2) is 9.45. The monoisotopic (exact) mass is 372 g/mol. The molecule has 1 aromatic carbocycles. The molecule has 2 heterocycles. The van der Waals surface area contributed by atoms with Crippen LogP contribution in [0.5, 0.6) is 0 Å². The lowest BCUT2D eigenvalue weighted by atomic mass is 10.1. The maximum Gasteiger partial charge on any atom is 0.212 e. The average molecular weight is 372 g/mol. The molecule has 0 fully saturated rings.